The fraction of sp³-hybridized carbons (Fsp3) is 0.125. The van der Waals surface area contributed by atoms with Crippen LogP contribution in [0.5, 0.6) is 0 Å². The van der Waals surface area contributed by atoms with E-state index < -0.39 is 10.1 Å². The SMILES string of the molecule is Cc1c2ccccc2c(C)c2cc(S(=O)(=O)[O-])ccc12. The standard InChI is InChI=1S/C16H14O3S/c1-10-13-5-3-4-6-14(13)11(2)16-9-12(20(17,18)19)7-8-15(10)16/h3-9H,1-2H3,(H,17,18,19)/p-1. The molecule has 0 radical (unpaired) electrons. The van der Waals surface area contributed by atoms with Crippen molar-refractivity contribution in [2.24, 2.45) is 0 Å². The van der Waals surface area contributed by atoms with Crippen LogP contribution in [0.1, 0.15) is 11.1 Å². The van der Waals surface area contributed by atoms with Gasteiger partial charge in [0.2, 0.25) is 0 Å². The molecular formula is C16H13O3S-. The van der Waals surface area contributed by atoms with Crippen LogP contribution in [0.15, 0.2) is 47.4 Å². The van der Waals surface area contributed by atoms with Crippen LogP contribution >= 0.6 is 0 Å². The van der Waals surface area contributed by atoms with Crippen molar-refractivity contribution in [2.45, 2.75) is 18.7 Å². The molecule has 0 amide bonds. The van der Waals surface area contributed by atoms with E-state index in [1.54, 1.807) is 6.07 Å². The predicted molar refractivity (Wildman–Crippen MR) is 78.9 cm³/mol. The number of rotatable bonds is 1. The largest absolute Gasteiger partial charge is 0.744 e. The maximum Gasteiger partial charge on any atom is 0.124 e. The minimum Gasteiger partial charge on any atom is -0.744 e. The van der Waals surface area contributed by atoms with E-state index in [1.807, 2.05) is 32.0 Å². The van der Waals surface area contributed by atoms with Gasteiger partial charge in [0.1, 0.15) is 10.1 Å². The van der Waals surface area contributed by atoms with Crippen LogP contribution in [-0.2, 0) is 10.1 Å². The number of aryl methyl sites for hydroxylation is 2. The molecule has 0 N–H and O–H groups in total. The summed E-state index contributed by atoms with van der Waals surface area (Å²) in [7, 11) is -4.43. The van der Waals surface area contributed by atoms with E-state index in [-0.39, 0.29) is 4.90 Å². The third-order valence-electron chi connectivity index (χ3n) is 3.82. The number of benzene rings is 3. The number of hydrogen-bond acceptors (Lipinski definition) is 3. The number of fused-ring (bicyclic) bond motifs is 2. The molecule has 3 aromatic carbocycles. The van der Waals surface area contributed by atoms with E-state index >= 15 is 0 Å². The molecule has 0 aliphatic carbocycles. The normalized spacial score (nSPS) is 12.2. The highest BCUT2D eigenvalue weighted by Crippen LogP contribution is 2.33. The zero-order chi connectivity index (χ0) is 14.5. The van der Waals surface area contributed by atoms with E-state index in [9.17, 15) is 13.0 Å². The van der Waals surface area contributed by atoms with Gasteiger partial charge in [-0.15, -0.1) is 0 Å². The molecule has 0 saturated carbocycles. The Morgan fingerprint density at radius 1 is 0.800 bits per heavy atom. The molecule has 0 atom stereocenters. The van der Waals surface area contributed by atoms with Gasteiger partial charge in [0, 0.05) is 0 Å². The molecule has 20 heavy (non-hydrogen) atoms. The molecular weight excluding hydrogens is 272 g/mol. The summed E-state index contributed by atoms with van der Waals surface area (Å²) in [5.41, 5.74) is 2.09. The Bertz CT molecular complexity index is 941. The molecule has 0 saturated heterocycles. The second-order valence-corrected chi connectivity index (χ2v) is 6.34. The van der Waals surface area contributed by atoms with Crippen molar-refractivity contribution in [3.63, 3.8) is 0 Å². The topological polar surface area (TPSA) is 57.2 Å². The highest BCUT2D eigenvalue weighted by Gasteiger charge is 2.10. The first-order valence-corrected chi connectivity index (χ1v) is 7.68. The molecule has 0 bridgehead atoms. The molecule has 0 aliphatic rings. The fourth-order valence-corrected chi connectivity index (χ4v) is 3.24. The minimum absolute atomic E-state index is 0.178. The molecule has 0 spiro atoms. The van der Waals surface area contributed by atoms with Gasteiger partial charge in [-0.25, -0.2) is 8.42 Å². The Morgan fingerprint density at radius 2 is 1.30 bits per heavy atom. The molecule has 0 unspecified atom stereocenters. The minimum atomic E-state index is -4.43. The van der Waals surface area contributed by atoms with Gasteiger partial charge in [-0.2, -0.15) is 0 Å². The Balaban J connectivity index is 2.53. The summed E-state index contributed by atoms with van der Waals surface area (Å²) in [5, 5.41) is 4.03. The lowest BCUT2D eigenvalue weighted by molar-refractivity contribution is 0.463. The first kappa shape index (κ1) is 13.1. The van der Waals surface area contributed by atoms with E-state index in [4.69, 9.17) is 0 Å². The maximum absolute atomic E-state index is 11.2. The summed E-state index contributed by atoms with van der Waals surface area (Å²) in [5.74, 6) is 0. The van der Waals surface area contributed by atoms with Crippen LogP contribution in [-0.4, -0.2) is 13.0 Å². The molecule has 4 heteroatoms. The van der Waals surface area contributed by atoms with Gasteiger partial charge in [0.15, 0.2) is 0 Å². The van der Waals surface area contributed by atoms with Crippen molar-refractivity contribution in [3.8, 4) is 0 Å². The maximum atomic E-state index is 11.2. The summed E-state index contributed by atoms with van der Waals surface area (Å²) in [6, 6.07) is 12.6. The Morgan fingerprint density at radius 3 is 1.85 bits per heavy atom. The van der Waals surface area contributed by atoms with Crippen molar-refractivity contribution in [1.29, 1.82) is 0 Å². The Labute approximate surface area is 117 Å². The molecule has 3 rings (SSSR count). The third kappa shape index (κ3) is 1.88. The molecule has 102 valence electrons. The highest BCUT2D eigenvalue weighted by molar-refractivity contribution is 7.85. The van der Waals surface area contributed by atoms with Crippen LogP contribution < -0.4 is 0 Å². The van der Waals surface area contributed by atoms with E-state index in [0.29, 0.717) is 0 Å². The first-order valence-electron chi connectivity index (χ1n) is 6.27. The van der Waals surface area contributed by atoms with Gasteiger partial charge in [-0.1, -0.05) is 30.3 Å². The second-order valence-electron chi connectivity index (χ2n) is 4.96. The van der Waals surface area contributed by atoms with Crippen molar-refractivity contribution < 1.29 is 13.0 Å². The zero-order valence-electron chi connectivity index (χ0n) is 11.2. The van der Waals surface area contributed by atoms with Crippen LogP contribution in [0.2, 0.25) is 0 Å². The summed E-state index contributed by atoms with van der Waals surface area (Å²) < 4.78 is 33.5. The molecule has 0 aromatic heterocycles. The smallest absolute Gasteiger partial charge is 0.124 e. The van der Waals surface area contributed by atoms with Crippen molar-refractivity contribution in [3.05, 3.63) is 53.6 Å². The molecule has 3 aromatic rings. The quantitative estimate of drug-likeness (QED) is 0.508. The summed E-state index contributed by atoms with van der Waals surface area (Å²) in [4.78, 5) is -0.178. The third-order valence-corrected chi connectivity index (χ3v) is 4.65. The Hall–Kier alpha value is -1.91. The van der Waals surface area contributed by atoms with Crippen molar-refractivity contribution in [2.75, 3.05) is 0 Å². The number of hydrogen-bond donors (Lipinski definition) is 0. The van der Waals surface area contributed by atoms with Gasteiger partial charge in [0.05, 0.1) is 4.90 Å². The second kappa shape index (κ2) is 4.30. The average molecular weight is 285 g/mol. The van der Waals surface area contributed by atoms with Gasteiger partial charge in [-0.05, 0) is 58.7 Å². The summed E-state index contributed by atoms with van der Waals surface area (Å²) in [6.07, 6.45) is 0. The monoisotopic (exact) mass is 285 g/mol. The predicted octanol–water partition coefficient (Wildman–Crippen LogP) is 3.51. The van der Waals surface area contributed by atoms with Crippen LogP contribution in [0.4, 0.5) is 0 Å². The fourth-order valence-electron chi connectivity index (χ4n) is 2.74. The van der Waals surface area contributed by atoms with Crippen LogP contribution in [0.3, 0.4) is 0 Å². The average Bonchev–Trinajstić information content (AvgIpc) is 2.43. The Kier molecular flexibility index (Phi) is 2.81. The molecule has 0 heterocycles. The van der Waals surface area contributed by atoms with E-state index in [2.05, 4.69) is 6.07 Å². The molecule has 0 aliphatic heterocycles. The summed E-state index contributed by atoms with van der Waals surface area (Å²) >= 11 is 0. The lowest BCUT2D eigenvalue weighted by atomic mass is 9.93. The van der Waals surface area contributed by atoms with Crippen LogP contribution in [0, 0.1) is 13.8 Å². The molecule has 3 nitrogen and oxygen atoms in total. The first-order chi connectivity index (χ1) is 9.39. The lowest BCUT2D eigenvalue weighted by Crippen LogP contribution is -1.99. The van der Waals surface area contributed by atoms with Crippen molar-refractivity contribution in [1.82, 2.24) is 0 Å². The van der Waals surface area contributed by atoms with Crippen molar-refractivity contribution >= 4 is 31.7 Å². The van der Waals surface area contributed by atoms with Gasteiger partial charge >= 0.3 is 0 Å². The lowest BCUT2D eigenvalue weighted by Gasteiger charge is -2.14. The highest BCUT2D eigenvalue weighted by atomic mass is 32.2. The van der Waals surface area contributed by atoms with Gasteiger partial charge in [0.25, 0.3) is 0 Å². The summed E-state index contributed by atoms with van der Waals surface area (Å²) in [6.45, 7) is 3.96. The molecule has 0 fully saturated rings. The van der Waals surface area contributed by atoms with Crippen LogP contribution in [0.25, 0.3) is 21.5 Å². The van der Waals surface area contributed by atoms with E-state index in [1.165, 1.54) is 12.1 Å². The van der Waals surface area contributed by atoms with E-state index in [0.717, 1.165) is 32.7 Å². The van der Waals surface area contributed by atoms with Gasteiger partial charge < -0.3 is 4.55 Å². The van der Waals surface area contributed by atoms with Gasteiger partial charge in [-0.3, -0.25) is 0 Å². The zero-order valence-corrected chi connectivity index (χ0v) is 12.0.